The van der Waals surface area contributed by atoms with E-state index in [0.717, 1.165) is 0 Å². The summed E-state index contributed by atoms with van der Waals surface area (Å²) in [5.41, 5.74) is 0. The van der Waals surface area contributed by atoms with Crippen LogP contribution < -0.4 is 0 Å². The average molecular weight is 161 g/mol. The molecule has 0 aromatic carbocycles. The lowest BCUT2D eigenvalue weighted by molar-refractivity contribution is 0.176. The van der Waals surface area contributed by atoms with Crippen LogP contribution in [0.4, 0.5) is 0 Å². The van der Waals surface area contributed by atoms with Gasteiger partial charge in [0.15, 0.2) is 0 Å². The maximum Gasteiger partial charge on any atom is 0.0946 e. The maximum absolute atomic E-state index is 9.05. The van der Waals surface area contributed by atoms with E-state index in [9.17, 15) is 0 Å². The van der Waals surface area contributed by atoms with E-state index < -0.39 is 6.10 Å². The van der Waals surface area contributed by atoms with Crippen LogP contribution in [0.15, 0.2) is 18.7 Å². The van der Waals surface area contributed by atoms with Crippen LogP contribution in [-0.2, 0) is 6.54 Å². The number of hydrogen-bond donors (Lipinski definition) is 1. The van der Waals surface area contributed by atoms with Gasteiger partial charge in [-0.05, 0) is 0 Å². The van der Waals surface area contributed by atoms with Gasteiger partial charge in [-0.25, -0.2) is 4.98 Å². The first-order valence-electron chi connectivity index (χ1n) is 3.02. The van der Waals surface area contributed by atoms with Gasteiger partial charge in [0.2, 0.25) is 0 Å². The summed E-state index contributed by atoms with van der Waals surface area (Å²) in [4.78, 5) is 3.82. The van der Waals surface area contributed by atoms with Crippen molar-refractivity contribution in [1.29, 1.82) is 0 Å². The Bertz CT molecular complexity index is 176. The van der Waals surface area contributed by atoms with Crippen molar-refractivity contribution < 1.29 is 5.11 Å². The average Bonchev–Trinajstić information content (AvgIpc) is 2.40. The molecule has 1 N–H and O–H groups in total. The van der Waals surface area contributed by atoms with Gasteiger partial charge in [0.1, 0.15) is 0 Å². The Labute approximate surface area is 64.3 Å². The molecule has 0 radical (unpaired) electrons. The molecule has 0 saturated carbocycles. The Hall–Kier alpha value is -0.540. The van der Waals surface area contributed by atoms with Gasteiger partial charge in [0, 0.05) is 12.4 Å². The van der Waals surface area contributed by atoms with Crippen LogP contribution in [0.25, 0.3) is 0 Å². The van der Waals surface area contributed by atoms with Crippen molar-refractivity contribution in [1.82, 2.24) is 9.55 Å². The normalized spacial score (nSPS) is 13.4. The highest BCUT2D eigenvalue weighted by atomic mass is 35.5. The zero-order chi connectivity index (χ0) is 7.40. The van der Waals surface area contributed by atoms with Gasteiger partial charge in [-0.3, -0.25) is 0 Å². The van der Waals surface area contributed by atoms with Gasteiger partial charge < -0.3 is 9.67 Å². The second-order valence-corrected chi connectivity index (χ2v) is 2.38. The first-order valence-corrected chi connectivity index (χ1v) is 3.56. The minimum Gasteiger partial charge on any atom is -0.390 e. The predicted molar refractivity (Wildman–Crippen MR) is 39.0 cm³/mol. The number of aromatic nitrogens is 2. The number of alkyl halides is 1. The van der Waals surface area contributed by atoms with Gasteiger partial charge in [0.05, 0.1) is 24.9 Å². The fourth-order valence-electron chi connectivity index (χ4n) is 0.687. The topological polar surface area (TPSA) is 38.0 Å². The lowest BCUT2D eigenvalue weighted by Gasteiger charge is -2.05. The molecule has 10 heavy (non-hydrogen) atoms. The molecule has 0 spiro atoms. The molecule has 0 aliphatic carbocycles. The quantitative estimate of drug-likeness (QED) is 0.654. The Kier molecular flexibility index (Phi) is 2.71. The van der Waals surface area contributed by atoms with Crippen LogP contribution in [-0.4, -0.2) is 26.6 Å². The zero-order valence-electron chi connectivity index (χ0n) is 5.44. The SMILES string of the molecule is O[C@@H](CCl)Cn1ccnc1. The van der Waals surface area contributed by atoms with Crippen molar-refractivity contribution in [3.05, 3.63) is 18.7 Å². The zero-order valence-corrected chi connectivity index (χ0v) is 6.20. The minimum atomic E-state index is -0.476. The van der Waals surface area contributed by atoms with Gasteiger partial charge in [0.25, 0.3) is 0 Å². The van der Waals surface area contributed by atoms with Crippen molar-refractivity contribution in [3.8, 4) is 0 Å². The van der Waals surface area contributed by atoms with Crippen molar-refractivity contribution in [2.45, 2.75) is 12.6 Å². The van der Waals surface area contributed by atoms with Gasteiger partial charge in [-0.1, -0.05) is 0 Å². The van der Waals surface area contributed by atoms with Crippen LogP contribution in [0.5, 0.6) is 0 Å². The standard InChI is InChI=1S/C6H9ClN2O/c7-3-6(10)4-9-2-1-8-5-9/h1-2,5-6,10H,3-4H2/t6-/m0/s1. The molecule has 1 atom stereocenters. The molecule has 1 heterocycles. The van der Waals surface area contributed by atoms with E-state index in [-0.39, 0.29) is 5.88 Å². The van der Waals surface area contributed by atoms with Crippen LogP contribution in [0.2, 0.25) is 0 Å². The second-order valence-electron chi connectivity index (χ2n) is 2.07. The third-order valence-electron chi connectivity index (χ3n) is 1.16. The Morgan fingerprint density at radius 1 is 1.70 bits per heavy atom. The molecule has 0 amide bonds. The summed E-state index contributed by atoms with van der Waals surface area (Å²) in [6.07, 6.45) is 4.63. The molecule has 0 bridgehead atoms. The molecule has 0 aliphatic rings. The summed E-state index contributed by atoms with van der Waals surface area (Å²) >= 11 is 5.39. The largest absolute Gasteiger partial charge is 0.390 e. The van der Waals surface area contributed by atoms with E-state index in [1.54, 1.807) is 23.3 Å². The molecule has 1 rings (SSSR count). The summed E-state index contributed by atoms with van der Waals surface area (Å²) in [5, 5.41) is 9.05. The number of halogens is 1. The Balaban J connectivity index is 2.40. The predicted octanol–water partition coefficient (Wildman–Crippen LogP) is 0.483. The van der Waals surface area contributed by atoms with Crippen molar-refractivity contribution in [2.24, 2.45) is 0 Å². The van der Waals surface area contributed by atoms with E-state index in [1.807, 2.05) is 0 Å². The summed E-state index contributed by atoms with van der Waals surface area (Å²) in [6.45, 7) is 0.517. The lowest BCUT2D eigenvalue weighted by Crippen LogP contribution is -2.15. The number of imidazole rings is 1. The number of aliphatic hydroxyl groups excluding tert-OH is 1. The first kappa shape index (κ1) is 7.57. The van der Waals surface area contributed by atoms with Crippen molar-refractivity contribution >= 4 is 11.6 Å². The van der Waals surface area contributed by atoms with Gasteiger partial charge >= 0.3 is 0 Å². The fourth-order valence-corrected chi connectivity index (χ4v) is 0.784. The third kappa shape index (κ3) is 2.01. The van der Waals surface area contributed by atoms with E-state index >= 15 is 0 Å². The summed E-state index contributed by atoms with van der Waals surface area (Å²) in [6, 6.07) is 0. The molecule has 0 aliphatic heterocycles. The monoisotopic (exact) mass is 160 g/mol. The maximum atomic E-state index is 9.05. The molecule has 56 valence electrons. The smallest absolute Gasteiger partial charge is 0.0946 e. The molecular weight excluding hydrogens is 152 g/mol. The van der Waals surface area contributed by atoms with E-state index in [1.165, 1.54) is 0 Å². The van der Waals surface area contributed by atoms with Crippen LogP contribution >= 0.6 is 11.6 Å². The molecule has 1 aromatic rings. The Morgan fingerprint density at radius 3 is 3.00 bits per heavy atom. The molecule has 0 unspecified atom stereocenters. The minimum absolute atomic E-state index is 0.262. The first-order chi connectivity index (χ1) is 4.83. The number of aliphatic hydroxyl groups is 1. The highest BCUT2D eigenvalue weighted by Crippen LogP contribution is 1.93. The van der Waals surface area contributed by atoms with E-state index in [0.29, 0.717) is 6.54 Å². The fraction of sp³-hybridized carbons (Fsp3) is 0.500. The van der Waals surface area contributed by atoms with E-state index in [4.69, 9.17) is 16.7 Å². The van der Waals surface area contributed by atoms with Crippen molar-refractivity contribution in [2.75, 3.05) is 5.88 Å². The summed E-state index contributed by atoms with van der Waals surface area (Å²) < 4.78 is 1.78. The van der Waals surface area contributed by atoms with Crippen LogP contribution in [0.1, 0.15) is 0 Å². The number of hydrogen-bond acceptors (Lipinski definition) is 2. The van der Waals surface area contributed by atoms with Crippen molar-refractivity contribution in [3.63, 3.8) is 0 Å². The molecule has 4 heteroatoms. The lowest BCUT2D eigenvalue weighted by atomic mass is 10.4. The van der Waals surface area contributed by atoms with E-state index in [2.05, 4.69) is 4.98 Å². The summed E-state index contributed by atoms with van der Waals surface area (Å²) in [5.74, 6) is 0.262. The molecule has 3 nitrogen and oxygen atoms in total. The highest BCUT2D eigenvalue weighted by molar-refractivity contribution is 6.18. The number of rotatable bonds is 3. The Morgan fingerprint density at radius 2 is 2.50 bits per heavy atom. The van der Waals surface area contributed by atoms with Gasteiger partial charge in [-0.15, -0.1) is 11.6 Å². The highest BCUT2D eigenvalue weighted by Gasteiger charge is 2.00. The molecule has 0 saturated heterocycles. The summed E-state index contributed by atoms with van der Waals surface area (Å²) in [7, 11) is 0. The van der Waals surface area contributed by atoms with Crippen LogP contribution in [0, 0.1) is 0 Å². The second kappa shape index (κ2) is 3.58. The molecular formula is C6H9ClN2O. The third-order valence-corrected chi connectivity index (χ3v) is 1.52. The van der Waals surface area contributed by atoms with Crippen LogP contribution in [0.3, 0.4) is 0 Å². The number of nitrogens with zero attached hydrogens (tertiary/aromatic N) is 2. The molecule has 1 aromatic heterocycles. The molecule has 0 fully saturated rings. The van der Waals surface area contributed by atoms with Gasteiger partial charge in [-0.2, -0.15) is 0 Å².